The van der Waals surface area contributed by atoms with E-state index in [0.717, 1.165) is 23.1 Å². The van der Waals surface area contributed by atoms with Crippen molar-refractivity contribution in [3.8, 4) is 11.1 Å². The van der Waals surface area contributed by atoms with Gasteiger partial charge < -0.3 is 0 Å². The van der Waals surface area contributed by atoms with Crippen LogP contribution in [-0.2, 0) is 6.42 Å². The molecule has 0 atom stereocenters. The summed E-state index contributed by atoms with van der Waals surface area (Å²) >= 11 is 0. The zero-order chi connectivity index (χ0) is 18.4. The number of halogens is 1. The third-order valence-corrected chi connectivity index (χ3v) is 4.22. The highest BCUT2D eigenvalue weighted by molar-refractivity contribution is 5.83. The summed E-state index contributed by atoms with van der Waals surface area (Å²) in [5, 5.41) is 8.05. The second-order valence-electron chi connectivity index (χ2n) is 6.19. The summed E-state index contributed by atoms with van der Waals surface area (Å²) in [5.74, 6) is -0.267. The Morgan fingerprint density at radius 3 is 2.04 bits per heavy atom. The Labute approximate surface area is 153 Å². The molecule has 0 N–H and O–H groups in total. The first-order valence-electron chi connectivity index (χ1n) is 8.67. The molecule has 3 aromatic rings. The fourth-order valence-corrected chi connectivity index (χ4v) is 2.62. The molecule has 0 fully saturated rings. The molecule has 0 amide bonds. The SMILES string of the molecule is CCc1ccc(C=NN=Cc2ccc(-c3ccc(C)cc3)c(F)c2)cc1. The minimum atomic E-state index is -0.267. The summed E-state index contributed by atoms with van der Waals surface area (Å²) in [6, 6.07) is 21.1. The van der Waals surface area contributed by atoms with Gasteiger partial charge in [0.15, 0.2) is 0 Å². The lowest BCUT2D eigenvalue weighted by Crippen LogP contribution is -1.89. The number of aryl methyl sites for hydroxylation is 2. The summed E-state index contributed by atoms with van der Waals surface area (Å²) in [6.07, 6.45) is 4.26. The number of nitrogens with zero attached hydrogens (tertiary/aromatic N) is 2. The average Bonchev–Trinajstić information content (AvgIpc) is 2.67. The molecule has 0 aliphatic rings. The van der Waals surface area contributed by atoms with Gasteiger partial charge in [0.25, 0.3) is 0 Å². The van der Waals surface area contributed by atoms with E-state index in [-0.39, 0.29) is 5.82 Å². The van der Waals surface area contributed by atoms with E-state index in [1.807, 2.05) is 49.4 Å². The van der Waals surface area contributed by atoms with Gasteiger partial charge in [0.2, 0.25) is 0 Å². The first-order valence-corrected chi connectivity index (χ1v) is 8.67. The third kappa shape index (κ3) is 4.51. The predicted octanol–water partition coefficient (Wildman–Crippen LogP) is 5.82. The van der Waals surface area contributed by atoms with Crippen molar-refractivity contribution in [1.82, 2.24) is 0 Å². The van der Waals surface area contributed by atoms with Crippen molar-refractivity contribution in [2.24, 2.45) is 10.2 Å². The maximum atomic E-state index is 14.4. The second kappa shape index (κ2) is 8.34. The van der Waals surface area contributed by atoms with Crippen molar-refractivity contribution in [2.75, 3.05) is 0 Å². The molecule has 3 aromatic carbocycles. The molecule has 3 heteroatoms. The van der Waals surface area contributed by atoms with E-state index in [1.54, 1.807) is 18.5 Å². The molecule has 0 spiro atoms. The highest BCUT2D eigenvalue weighted by Crippen LogP contribution is 2.23. The van der Waals surface area contributed by atoms with Crippen LogP contribution in [0.1, 0.15) is 29.2 Å². The van der Waals surface area contributed by atoms with Crippen molar-refractivity contribution < 1.29 is 4.39 Å². The summed E-state index contributed by atoms with van der Waals surface area (Å²) in [7, 11) is 0. The van der Waals surface area contributed by atoms with Gasteiger partial charge in [-0.3, -0.25) is 0 Å². The van der Waals surface area contributed by atoms with Gasteiger partial charge in [-0.1, -0.05) is 73.2 Å². The zero-order valence-corrected chi connectivity index (χ0v) is 15.0. The van der Waals surface area contributed by atoms with Crippen molar-refractivity contribution in [3.05, 3.63) is 94.8 Å². The molecule has 0 aliphatic carbocycles. The largest absolute Gasteiger partial charge is 0.206 e. The van der Waals surface area contributed by atoms with Crippen LogP contribution >= 0.6 is 0 Å². The first-order chi connectivity index (χ1) is 12.7. The van der Waals surface area contributed by atoms with Gasteiger partial charge in [-0.05, 0) is 41.7 Å². The Kier molecular flexibility index (Phi) is 5.69. The van der Waals surface area contributed by atoms with E-state index in [4.69, 9.17) is 0 Å². The van der Waals surface area contributed by atoms with Crippen LogP contribution in [0.4, 0.5) is 4.39 Å². The van der Waals surface area contributed by atoms with E-state index < -0.39 is 0 Å². The van der Waals surface area contributed by atoms with E-state index >= 15 is 0 Å². The van der Waals surface area contributed by atoms with Gasteiger partial charge in [0.1, 0.15) is 5.82 Å². The fraction of sp³-hybridized carbons (Fsp3) is 0.130. The predicted molar refractivity (Wildman–Crippen MR) is 108 cm³/mol. The van der Waals surface area contributed by atoms with Gasteiger partial charge in [-0.15, -0.1) is 0 Å². The Bertz CT molecular complexity index is 923. The quantitative estimate of drug-likeness (QED) is 0.412. The third-order valence-electron chi connectivity index (χ3n) is 4.22. The minimum absolute atomic E-state index is 0.267. The van der Waals surface area contributed by atoms with Gasteiger partial charge in [0.05, 0.1) is 12.4 Å². The Hall–Kier alpha value is -3.07. The number of benzene rings is 3. The molecule has 0 bridgehead atoms. The molecule has 3 rings (SSSR count). The monoisotopic (exact) mass is 344 g/mol. The highest BCUT2D eigenvalue weighted by atomic mass is 19.1. The molecule has 0 heterocycles. The molecule has 0 aliphatic heterocycles. The summed E-state index contributed by atoms with van der Waals surface area (Å²) in [5.41, 5.74) is 5.55. The Balaban J connectivity index is 1.69. The smallest absolute Gasteiger partial charge is 0.131 e. The van der Waals surface area contributed by atoms with Crippen LogP contribution in [0.15, 0.2) is 76.9 Å². The van der Waals surface area contributed by atoms with Crippen LogP contribution in [0.3, 0.4) is 0 Å². The standard InChI is InChI=1S/C23H21FN2/c1-3-18-6-8-19(9-7-18)15-25-26-16-20-10-13-22(23(24)14-20)21-11-4-17(2)5-12-21/h4-16H,3H2,1-2H3. The lowest BCUT2D eigenvalue weighted by atomic mass is 10.0. The number of rotatable bonds is 5. The second-order valence-corrected chi connectivity index (χ2v) is 6.19. The highest BCUT2D eigenvalue weighted by Gasteiger charge is 2.05. The maximum absolute atomic E-state index is 14.4. The van der Waals surface area contributed by atoms with E-state index in [1.165, 1.54) is 11.6 Å². The molecule has 130 valence electrons. The maximum Gasteiger partial charge on any atom is 0.131 e. The van der Waals surface area contributed by atoms with E-state index in [9.17, 15) is 4.39 Å². The topological polar surface area (TPSA) is 24.7 Å². The normalized spacial score (nSPS) is 11.5. The van der Waals surface area contributed by atoms with Crippen LogP contribution in [-0.4, -0.2) is 12.4 Å². The summed E-state index contributed by atoms with van der Waals surface area (Å²) < 4.78 is 14.4. The van der Waals surface area contributed by atoms with Crippen LogP contribution in [0.2, 0.25) is 0 Å². The van der Waals surface area contributed by atoms with Crippen LogP contribution < -0.4 is 0 Å². The average molecular weight is 344 g/mol. The molecule has 2 nitrogen and oxygen atoms in total. The van der Waals surface area contributed by atoms with E-state index in [0.29, 0.717) is 11.1 Å². The molecule has 0 aromatic heterocycles. The molecular weight excluding hydrogens is 323 g/mol. The minimum Gasteiger partial charge on any atom is -0.206 e. The fourth-order valence-electron chi connectivity index (χ4n) is 2.62. The molecule has 0 saturated heterocycles. The lowest BCUT2D eigenvalue weighted by molar-refractivity contribution is 0.631. The van der Waals surface area contributed by atoms with Crippen molar-refractivity contribution >= 4 is 12.4 Å². The lowest BCUT2D eigenvalue weighted by Gasteiger charge is -2.04. The van der Waals surface area contributed by atoms with E-state index in [2.05, 4.69) is 29.3 Å². The number of hydrogen-bond acceptors (Lipinski definition) is 2. The summed E-state index contributed by atoms with van der Waals surface area (Å²) in [4.78, 5) is 0. The van der Waals surface area contributed by atoms with Crippen molar-refractivity contribution in [1.29, 1.82) is 0 Å². The van der Waals surface area contributed by atoms with Crippen molar-refractivity contribution in [2.45, 2.75) is 20.3 Å². The zero-order valence-electron chi connectivity index (χ0n) is 15.0. The van der Waals surface area contributed by atoms with Gasteiger partial charge >= 0.3 is 0 Å². The van der Waals surface area contributed by atoms with Crippen molar-refractivity contribution in [3.63, 3.8) is 0 Å². The van der Waals surface area contributed by atoms with Gasteiger partial charge in [-0.25, -0.2) is 4.39 Å². The van der Waals surface area contributed by atoms with Gasteiger partial charge in [0, 0.05) is 5.56 Å². The number of hydrogen-bond donors (Lipinski definition) is 0. The summed E-state index contributed by atoms with van der Waals surface area (Å²) in [6.45, 7) is 4.13. The van der Waals surface area contributed by atoms with Crippen LogP contribution in [0.5, 0.6) is 0 Å². The Morgan fingerprint density at radius 1 is 0.808 bits per heavy atom. The molecule has 0 saturated carbocycles. The van der Waals surface area contributed by atoms with Crippen LogP contribution in [0.25, 0.3) is 11.1 Å². The van der Waals surface area contributed by atoms with Crippen LogP contribution in [0, 0.1) is 12.7 Å². The molecule has 0 unspecified atom stereocenters. The van der Waals surface area contributed by atoms with Gasteiger partial charge in [-0.2, -0.15) is 10.2 Å². The first kappa shape index (κ1) is 17.7. The molecule has 26 heavy (non-hydrogen) atoms. The molecular formula is C23H21FN2. The molecule has 0 radical (unpaired) electrons. The Morgan fingerprint density at radius 2 is 1.42 bits per heavy atom.